The van der Waals surface area contributed by atoms with Crippen LogP contribution in [0.3, 0.4) is 0 Å². The maximum absolute atomic E-state index is 12.7. The van der Waals surface area contributed by atoms with E-state index in [4.69, 9.17) is 11.6 Å². The van der Waals surface area contributed by atoms with Gasteiger partial charge in [-0.15, -0.1) is 0 Å². The molecule has 2 amide bonds. The van der Waals surface area contributed by atoms with Gasteiger partial charge in [0.2, 0.25) is 0 Å². The Bertz CT molecular complexity index is 370. The number of urea groups is 1. The van der Waals surface area contributed by atoms with Crippen molar-refractivity contribution in [1.82, 2.24) is 4.90 Å². The summed E-state index contributed by atoms with van der Waals surface area (Å²) in [5.41, 5.74) is 0.406. The molecule has 3 nitrogen and oxygen atoms in total. The Morgan fingerprint density at radius 2 is 2.27 bits per heavy atom. The molecule has 0 bridgehead atoms. The summed E-state index contributed by atoms with van der Waals surface area (Å²) in [6.45, 7) is 2.44. The zero-order chi connectivity index (χ0) is 11.4. The number of rotatable bonds is 2. The minimum atomic E-state index is -0.429. The summed E-state index contributed by atoms with van der Waals surface area (Å²) in [5, 5.41) is 2.76. The highest BCUT2D eigenvalue weighted by molar-refractivity contribution is 6.33. The van der Waals surface area contributed by atoms with E-state index in [-0.39, 0.29) is 11.1 Å². The van der Waals surface area contributed by atoms with Crippen LogP contribution in [0.2, 0.25) is 5.02 Å². The zero-order valence-corrected chi connectivity index (χ0v) is 9.31. The normalized spacial score (nSPS) is 9.87. The molecule has 5 heteroatoms. The summed E-state index contributed by atoms with van der Waals surface area (Å²) in [5.74, 6) is -0.429. The summed E-state index contributed by atoms with van der Waals surface area (Å²) in [6.07, 6.45) is 0. The van der Waals surface area contributed by atoms with Gasteiger partial charge in [0, 0.05) is 13.6 Å². The second kappa shape index (κ2) is 4.98. The van der Waals surface area contributed by atoms with Gasteiger partial charge >= 0.3 is 6.03 Å². The third kappa shape index (κ3) is 3.09. The fourth-order valence-corrected chi connectivity index (χ4v) is 1.16. The molecule has 1 N–H and O–H groups in total. The summed E-state index contributed by atoms with van der Waals surface area (Å²) in [4.78, 5) is 12.9. The van der Waals surface area contributed by atoms with Crippen LogP contribution in [0.15, 0.2) is 18.2 Å². The van der Waals surface area contributed by atoms with E-state index in [2.05, 4.69) is 5.32 Å². The van der Waals surface area contributed by atoms with Gasteiger partial charge < -0.3 is 10.2 Å². The van der Waals surface area contributed by atoms with E-state index in [1.807, 2.05) is 6.92 Å². The smallest absolute Gasteiger partial charge is 0.321 e. The molecule has 1 aromatic carbocycles. The highest BCUT2D eigenvalue weighted by Crippen LogP contribution is 2.22. The second-order valence-corrected chi connectivity index (χ2v) is 3.48. The number of amides is 2. The number of nitrogens with zero attached hydrogens (tertiary/aromatic N) is 1. The van der Waals surface area contributed by atoms with Crippen LogP contribution < -0.4 is 5.32 Å². The molecular formula is C10H12ClFN2O. The molecule has 0 aliphatic carbocycles. The molecule has 0 heterocycles. The first-order chi connectivity index (χ1) is 7.04. The number of hydrogen-bond donors (Lipinski definition) is 1. The molecule has 0 atom stereocenters. The molecule has 0 radical (unpaired) electrons. The third-order valence-electron chi connectivity index (χ3n) is 1.99. The molecule has 1 aromatic rings. The van der Waals surface area contributed by atoms with Gasteiger partial charge in [-0.3, -0.25) is 0 Å². The maximum atomic E-state index is 12.7. The Kier molecular flexibility index (Phi) is 3.91. The number of anilines is 1. The first kappa shape index (κ1) is 11.8. The third-order valence-corrected chi connectivity index (χ3v) is 2.31. The van der Waals surface area contributed by atoms with Crippen molar-refractivity contribution < 1.29 is 9.18 Å². The molecule has 0 aliphatic rings. The fraction of sp³-hybridized carbons (Fsp3) is 0.300. The summed E-state index contributed by atoms with van der Waals surface area (Å²) in [6, 6.07) is 3.56. The van der Waals surface area contributed by atoms with Crippen molar-refractivity contribution >= 4 is 23.3 Å². The Hall–Kier alpha value is -1.29. The van der Waals surface area contributed by atoms with Crippen molar-refractivity contribution in [3.63, 3.8) is 0 Å². The van der Waals surface area contributed by atoms with Gasteiger partial charge in [0.15, 0.2) is 0 Å². The van der Waals surface area contributed by atoms with Crippen LogP contribution in [0, 0.1) is 5.82 Å². The van der Waals surface area contributed by atoms with Gasteiger partial charge in [0.25, 0.3) is 0 Å². The average molecular weight is 231 g/mol. The molecule has 1 rings (SSSR count). The molecule has 0 unspecified atom stereocenters. The Labute approximate surface area is 92.8 Å². The summed E-state index contributed by atoms with van der Waals surface area (Å²) in [7, 11) is 1.66. The highest BCUT2D eigenvalue weighted by Gasteiger charge is 2.09. The van der Waals surface area contributed by atoms with Crippen molar-refractivity contribution in [2.24, 2.45) is 0 Å². The van der Waals surface area contributed by atoms with E-state index in [0.717, 1.165) is 6.07 Å². The predicted octanol–water partition coefficient (Wildman–Crippen LogP) is 2.96. The van der Waals surface area contributed by atoms with Crippen LogP contribution in [0.5, 0.6) is 0 Å². The van der Waals surface area contributed by atoms with Crippen LogP contribution in [0.25, 0.3) is 0 Å². The van der Waals surface area contributed by atoms with E-state index in [1.54, 1.807) is 7.05 Å². The topological polar surface area (TPSA) is 32.3 Å². The van der Waals surface area contributed by atoms with Crippen molar-refractivity contribution in [1.29, 1.82) is 0 Å². The second-order valence-electron chi connectivity index (χ2n) is 3.07. The van der Waals surface area contributed by atoms with Crippen LogP contribution in [0.4, 0.5) is 14.9 Å². The number of carbonyl (C=O) groups is 1. The van der Waals surface area contributed by atoms with E-state index < -0.39 is 5.82 Å². The van der Waals surface area contributed by atoms with Crippen LogP contribution in [-0.2, 0) is 0 Å². The highest BCUT2D eigenvalue weighted by atomic mass is 35.5. The number of halogens is 2. The van der Waals surface area contributed by atoms with Crippen LogP contribution in [0.1, 0.15) is 6.92 Å². The van der Waals surface area contributed by atoms with Crippen LogP contribution >= 0.6 is 11.6 Å². The quantitative estimate of drug-likeness (QED) is 0.833. The zero-order valence-electron chi connectivity index (χ0n) is 8.55. The van der Waals surface area contributed by atoms with Gasteiger partial charge in [0.05, 0.1) is 10.7 Å². The minimum absolute atomic E-state index is 0.188. The van der Waals surface area contributed by atoms with E-state index in [1.165, 1.54) is 17.0 Å². The molecule has 0 aromatic heterocycles. The lowest BCUT2D eigenvalue weighted by Gasteiger charge is -2.16. The lowest BCUT2D eigenvalue weighted by Crippen LogP contribution is -2.31. The molecule has 0 fully saturated rings. The SMILES string of the molecule is CCN(C)C(=O)Nc1ccc(F)cc1Cl. The first-order valence-electron chi connectivity index (χ1n) is 4.51. The first-order valence-corrected chi connectivity index (χ1v) is 4.89. The standard InChI is InChI=1S/C10H12ClFN2O/c1-3-14(2)10(15)13-9-5-4-7(12)6-8(9)11/h4-6H,3H2,1-2H3,(H,13,15). The molecule has 0 aliphatic heterocycles. The minimum Gasteiger partial charge on any atom is -0.328 e. The molecule has 0 spiro atoms. The summed E-state index contributed by atoms with van der Waals surface area (Å²) < 4.78 is 12.7. The van der Waals surface area contributed by atoms with Crippen molar-refractivity contribution in [2.45, 2.75) is 6.92 Å². The van der Waals surface area contributed by atoms with Gasteiger partial charge in [-0.2, -0.15) is 0 Å². The predicted molar refractivity (Wildman–Crippen MR) is 58.7 cm³/mol. The molecule has 0 saturated carbocycles. The summed E-state index contributed by atoms with van der Waals surface area (Å²) >= 11 is 5.75. The Morgan fingerprint density at radius 1 is 1.60 bits per heavy atom. The Balaban J connectivity index is 2.77. The van der Waals surface area contributed by atoms with E-state index in [9.17, 15) is 9.18 Å². The van der Waals surface area contributed by atoms with Crippen molar-refractivity contribution in [3.05, 3.63) is 29.0 Å². The number of carbonyl (C=O) groups excluding carboxylic acids is 1. The van der Waals surface area contributed by atoms with Crippen molar-refractivity contribution in [3.8, 4) is 0 Å². The molecule has 0 saturated heterocycles. The van der Waals surface area contributed by atoms with Crippen LogP contribution in [-0.4, -0.2) is 24.5 Å². The van der Waals surface area contributed by atoms with Crippen molar-refractivity contribution in [2.75, 3.05) is 18.9 Å². The largest absolute Gasteiger partial charge is 0.328 e. The molecule has 15 heavy (non-hydrogen) atoms. The van der Waals surface area contributed by atoms with E-state index in [0.29, 0.717) is 12.2 Å². The maximum Gasteiger partial charge on any atom is 0.321 e. The Morgan fingerprint density at radius 3 is 2.80 bits per heavy atom. The number of hydrogen-bond acceptors (Lipinski definition) is 1. The monoisotopic (exact) mass is 230 g/mol. The average Bonchev–Trinajstić information content (AvgIpc) is 2.20. The number of benzene rings is 1. The number of nitrogens with one attached hydrogen (secondary N) is 1. The van der Waals surface area contributed by atoms with Gasteiger partial charge in [0.1, 0.15) is 5.82 Å². The lowest BCUT2D eigenvalue weighted by molar-refractivity contribution is 0.224. The van der Waals surface area contributed by atoms with Gasteiger partial charge in [-0.05, 0) is 25.1 Å². The lowest BCUT2D eigenvalue weighted by atomic mass is 10.3. The van der Waals surface area contributed by atoms with E-state index >= 15 is 0 Å². The fourth-order valence-electron chi connectivity index (χ4n) is 0.945. The van der Waals surface area contributed by atoms with Gasteiger partial charge in [-0.1, -0.05) is 11.6 Å². The molecule has 82 valence electrons. The molecular weight excluding hydrogens is 219 g/mol. The van der Waals surface area contributed by atoms with Gasteiger partial charge in [-0.25, -0.2) is 9.18 Å².